The molecule has 0 amide bonds. The summed E-state index contributed by atoms with van der Waals surface area (Å²) in [5.41, 5.74) is -0.930. The van der Waals surface area contributed by atoms with Crippen LogP contribution in [0.25, 0.3) is 0 Å². The monoisotopic (exact) mass is 543 g/mol. The highest BCUT2D eigenvalue weighted by molar-refractivity contribution is 5.94. The summed E-state index contributed by atoms with van der Waals surface area (Å²) < 4.78 is 5.29. The second-order valence-electron chi connectivity index (χ2n) is 12.2. The number of carbonyl (C=O) groups excluding carboxylic acids is 3. The van der Waals surface area contributed by atoms with Crippen LogP contribution in [0.1, 0.15) is 74.7 Å². The molecule has 5 rings (SSSR count). The second-order valence-corrected chi connectivity index (χ2v) is 12.2. The maximum atomic E-state index is 13.4. The van der Waals surface area contributed by atoms with Gasteiger partial charge in [0.1, 0.15) is 5.60 Å². The molecule has 0 heterocycles. The van der Waals surface area contributed by atoms with Crippen LogP contribution in [0.5, 0.6) is 0 Å². The Labute approximate surface area is 227 Å². The fourth-order valence-electron chi connectivity index (χ4n) is 8.35. The van der Waals surface area contributed by atoms with Gasteiger partial charge >= 0.3 is 5.97 Å². The number of ketones is 2. The Morgan fingerprint density at radius 3 is 2.49 bits per heavy atom. The third-order valence-corrected chi connectivity index (χ3v) is 10.4. The third-order valence-electron chi connectivity index (χ3n) is 10.4. The number of fused-ring (bicyclic) bond motifs is 5. The van der Waals surface area contributed by atoms with Gasteiger partial charge < -0.3 is 14.9 Å². The molecule has 0 saturated heterocycles. The van der Waals surface area contributed by atoms with Crippen molar-refractivity contribution >= 4 is 17.5 Å². The summed E-state index contributed by atoms with van der Waals surface area (Å²) in [6.07, 6.45) is 5.03. The van der Waals surface area contributed by atoms with Crippen LogP contribution in [0.2, 0.25) is 0 Å². The minimum Gasteiger partial charge on any atom is -0.454 e. The molecule has 0 aromatic heterocycles. The van der Waals surface area contributed by atoms with Gasteiger partial charge in [0, 0.05) is 11.8 Å². The molecule has 3 fully saturated rings. The van der Waals surface area contributed by atoms with E-state index in [1.165, 1.54) is 12.1 Å². The molecule has 0 radical (unpaired) electrons. The maximum Gasteiger partial charge on any atom is 0.338 e. The van der Waals surface area contributed by atoms with E-state index in [0.29, 0.717) is 24.8 Å². The van der Waals surface area contributed by atoms with Gasteiger partial charge in [-0.1, -0.05) is 31.6 Å². The number of aliphatic hydroxyl groups is 2. The van der Waals surface area contributed by atoms with Crippen molar-refractivity contribution in [2.45, 2.75) is 77.1 Å². The van der Waals surface area contributed by atoms with E-state index < -0.39 is 40.9 Å². The SMILES string of the molecule is C[C@]12CCC(=O)C=C1CCC1C2[C@@H](O)C[C@@]2(C)C1CC[C@]2(O)C(=O)COC(=O)c1ccc(CON(O)O)cc1. The Hall–Kier alpha value is -2.47. The standard InChI is InChI=1S/C29H37NO9/c1-27-11-9-20(31)13-19(27)7-8-21-22-10-12-29(35,28(22,2)14-23(32)25(21)27)24(33)16-38-26(34)18-5-3-17(4-6-18)15-39-30(36)37/h3-6,13,21-23,25,32,35-37H,7-12,14-16H2,1-2H3/t21?,22?,23-,25?,27-,28-,29-/m0/s1. The molecule has 3 unspecified atom stereocenters. The second kappa shape index (κ2) is 10.2. The molecule has 212 valence electrons. The van der Waals surface area contributed by atoms with Crippen molar-refractivity contribution in [1.29, 1.82) is 0 Å². The van der Waals surface area contributed by atoms with Crippen LogP contribution in [0, 0.1) is 28.6 Å². The van der Waals surface area contributed by atoms with Crippen molar-refractivity contribution in [2.75, 3.05) is 6.61 Å². The summed E-state index contributed by atoms with van der Waals surface area (Å²) in [5, 5.41) is 40.2. The lowest BCUT2D eigenvalue weighted by Crippen LogP contribution is -2.62. The molecule has 0 aliphatic heterocycles. The molecule has 10 heteroatoms. The number of nitrogens with zero attached hydrogens (tertiary/aromatic N) is 1. The largest absolute Gasteiger partial charge is 0.454 e. The zero-order chi connectivity index (χ0) is 28.2. The number of carbonyl (C=O) groups is 3. The summed E-state index contributed by atoms with van der Waals surface area (Å²) >= 11 is 0. The Balaban J connectivity index is 1.27. The molecule has 0 bridgehead atoms. The zero-order valence-corrected chi connectivity index (χ0v) is 22.3. The van der Waals surface area contributed by atoms with Gasteiger partial charge in [-0.25, -0.2) is 9.63 Å². The minimum absolute atomic E-state index is 0.0230. The number of rotatable bonds is 7. The summed E-state index contributed by atoms with van der Waals surface area (Å²) in [6, 6.07) is 6.03. The van der Waals surface area contributed by atoms with Gasteiger partial charge in [-0.3, -0.25) is 20.0 Å². The molecular formula is C29H37NO9. The topological polar surface area (TPSA) is 154 Å². The van der Waals surface area contributed by atoms with Crippen LogP contribution < -0.4 is 0 Å². The maximum absolute atomic E-state index is 13.4. The van der Waals surface area contributed by atoms with E-state index >= 15 is 0 Å². The first-order chi connectivity index (χ1) is 18.4. The van der Waals surface area contributed by atoms with Gasteiger partial charge in [0.2, 0.25) is 5.78 Å². The van der Waals surface area contributed by atoms with Crippen molar-refractivity contribution in [3.63, 3.8) is 0 Å². The number of hydrogen-bond acceptors (Lipinski definition) is 10. The average Bonchev–Trinajstić information content (AvgIpc) is 3.17. The minimum atomic E-state index is -1.72. The predicted molar refractivity (Wildman–Crippen MR) is 135 cm³/mol. The van der Waals surface area contributed by atoms with Crippen LogP contribution in [-0.2, 0) is 25.8 Å². The number of ether oxygens (including phenoxy) is 1. The first-order valence-electron chi connectivity index (χ1n) is 13.6. The van der Waals surface area contributed by atoms with Crippen LogP contribution in [0.4, 0.5) is 0 Å². The van der Waals surface area contributed by atoms with Crippen molar-refractivity contribution in [2.24, 2.45) is 28.6 Å². The van der Waals surface area contributed by atoms with Crippen molar-refractivity contribution in [1.82, 2.24) is 5.39 Å². The van der Waals surface area contributed by atoms with E-state index in [2.05, 4.69) is 11.8 Å². The molecule has 1 aromatic rings. The van der Waals surface area contributed by atoms with Crippen LogP contribution in [0.15, 0.2) is 35.9 Å². The lowest BCUT2D eigenvalue weighted by atomic mass is 9.45. The van der Waals surface area contributed by atoms with E-state index in [1.54, 1.807) is 18.2 Å². The van der Waals surface area contributed by atoms with Crippen LogP contribution in [-0.4, -0.2) is 61.9 Å². The van der Waals surface area contributed by atoms with Crippen LogP contribution >= 0.6 is 0 Å². The molecule has 39 heavy (non-hydrogen) atoms. The molecule has 3 saturated carbocycles. The van der Waals surface area contributed by atoms with E-state index in [-0.39, 0.29) is 54.0 Å². The molecule has 4 aliphatic carbocycles. The number of aliphatic hydroxyl groups excluding tert-OH is 1. The normalized spacial score (nSPS) is 37.5. The van der Waals surface area contributed by atoms with E-state index in [4.69, 9.17) is 15.2 Å². The van der Waals surface area contributed by atoms with Gasteiger partial charge in [-0.2, -0.15) is 0 Å². The van der Waals surface area contributed by atoms with Crippen molar-refractivity contribution in [3.8, 4) is 0 Å². The Bertz CT molecular complexity index is 1180. The lowest BCUT2D eigenvalue weighted by Gasteiger charge is -2.60. The average molecular weight is 544 g/mol. The number of benzene rings is 1. The van der Waals surface area contributed by atoms with Gasteiger partial charge in [0.15, 0.2) is 12.4 Å². The Kier molecular flexibility index (Phi) is 7.32. The first-order valence-corrected chi connectivity index (χ1v) is 13.6. The fraction of sp³-hybridized carbons (Fsp3) is 0.621. The molecule has 0 spiro atoms. The summed E-state index contributed by atoms with van der Waals surface area (Å²) in [6.45, 7) is 3.34. The highest BCUT2D eigenvalue weighted by Gasteiger charge is 2.68. The van der Waals surface area contributed by atoms with Crippen molar-refractivity contribution < 1.29 is 44.6 Å². The number of esters is 1. The summed E-state index contributed by atoms with van der Waals surface area (Å²) in [4.78, 5) is 42.6. The van der Waals surface area contributed by atoms with Gasteiger partial charge in [-0.15, -0.1) is 0 Å². The van der Waals surface area contributed by atoms with Gasteiger partial charge in [-0.05, 0) is 85.5 Å². The predicted octanol–water partition coefficient (Wildman–Crippen LogP) is 3.16. The number of Topliss-reactive ketones (excluding diaryl/α,β-unsaturated/α-hetero) is 1. The zero-order valence-electron chi connectivity index (χ0n) is 22.3. The number of allylic oxidation sites excluding steroid dienone is 1. The number of hydrogen-bond donors (Lipinski definition) is 4. The highest BCUT2D eigenvalue weighted by Crippen LogP contribution is 2.67. The van der Waals surface area contributed by atoms with Crippen molar-refractivity contribution in [3.05, 3.63) is 47.0 Å². The van der Waals surface area contributed by atoms with Gasteiger partial charge in [0.05, 0.1) is 23.7 Å². The van der Waals surface area contributed by atoms with Gasteiger partial charge in [0.25, 0.3) is 0 Å². The first kappa shape index (κ1) is 28.1. The van der Waals surface area contributed by atoms with Crippen LogP contribution in [0.3, 0.4) is 0 Å². The fourth-order valence-corrected chi connectivity index (χ4v) is 8.35. The third kappa shape index (κ3) is 4.67. The molecule has 10 nitrogen and oxygen atoms in total. The highest BCUT2D eigenvalue weighted by atomic mass is 17.1. The van der Waals surface area contributed by atoms with E-state index in [1.807, 2.05) is 6.92 Å². The summed E-state index contributed by atoms with van der Waals surface area (Å²) in [5.74, 6) is -0.991. The molecular weight excluding hydrogens is 506 g/mol. The molecule has 4 aliphatic rings. The lowest BCUT2D eigenvalue weighted by molar-refractivity contribution is -0.497. The van der Waals surface area contributed by atoms with E-state index in [9.17, 15) is 24.6 Å². The molecule has 1 aromatic carbocycles. The summed E-state index contributed by atoms with van der Waals surface area (Å²) in [7, 11) is 0. The Morgan fingerprint density at radius 1 is 1.08 bits per heavy atom. The molecule has 7 atom stereocenters. The Morgan fingerprint density at radius 2 is 1.79 bits per heavy atom. The molecule has 4 N–H and O–H groups in total. The quantitative estimate of drug-likeness (QED) is 0.298. The van der Waals surface area contributed by atoms with E-state index in [0.717, 1.165) is 18.4 Å². The smallest absolute Gasteiger partial charge is 0.338 e.